The molecule has 78 valence electrons. The Balaban J connectivity index is 2.49. The molecule has 4 nitrogen and oxygen atoms in total. The minimum Gasteiger partial charge on any atom is -0.388 e. The summed E-state index contributed by atoms with van der Waals surface area (Å²) in [6.45, 7) is 1.33. The Hall–Kier alpha value is -1.75. The number of benzene rings is 1. The van der Waals surface area contributed by atoms with Crippen molar-refractivity contribution < 1.29 is 14.0 Å². The van der Waals surface area contributed by atoms with E-state index in [0.717, 1.165) is 0 Å². The summed E-state index contributed by atoms with van der Waals surface area (Å²) in [5.41, 5.74) is 0.762. The minimum atomic E-state index is -0.384. The molecule has 1 N–H and O–H groups in total. The Morgan fingerprint density at radius 3 is 2.93 bits per heavy atom. The number of aromatic nitrogens is 2. The quantitative estimate of drug-likeness (QED) is 0.815. The van der Waals surface area contributed by atoms with E-state index in [2.05, 4.69) is 10.1 Å². The van der Waals surface area contributed by atoms with Crippen molar-refractivity contribution in [1.29, 1.82) is 0 Å². The molecule has 1 aromatic carbocycles. The molecule has 0 atom stereocenters. The fourth-order valence-electron chi connectivity index (χ4n) is 1.24. The fourth-order valence-corrected chi connectivity index (χ4v) is 1.24. The van der Waals surface area contributed by atoms with E-state index < -0.39 is 0 Å². The van der Waals surface area contributed by atoms with Crippen molar-refractivity contribution in [3.8, 4) is 11.5 Å². The number of aliphatic hydroxyl groups is 1. The van der Waals surface area contributed by atoms with Gasteiger partial charge in [0.15, 0.2) is 5.82 Å². The van der Waals surface area contributed by atoms with Gasteiger partial charge in [-0.15, -0.1) is 0 Å². The van der Waals surface area contributed by atoms with Gasteiger partial charge < -0.3 is 9.63 Å². The number of hydrogen-bond acceptors (Lipinski definition) is 4. The molecule has 0 spiro atoms. The van der Waals surface area contributed by atoms with E-state index in [1.54, 1.807) is 25.1 Å². The molecule has 0 saturated carbocycles. The number of hydrogen-bond donors (Lipinski definition) is 1. The Bertz CT molecular complexity index is 482. The molecule has 0 amide bonds. The molecule has 0 bridgehead atoms. The van der Waals surface area contributed by atoms with Gasteiger partial charge in [0.1, 0.15) is 12.4 Å². The lowest BCUT2D eigenvalue weighted by molar-refractivity contribution is 0.264. The lowest BCUT2D eigenvalue weighted by atomic mass is 10.1. The highest BCUT2D eigenvalue weighted by molar-refractivity contribution is 5.55. The smallest absolute Gasteiger partial charge is 0.260 e. The summed E-state index contributed by atoms with van der Waals surface area (Å²) in [7, 11) is 0. The summed E-state index contributed by atoms with van der Waals surface area (Å²) in [5, 5.41) is 12.2. The van der Waals surface area contributed by atoms with Crippen LogP contribution in [0.1, 0.15) is 11.4 Å². The normalized spacial score (nSPS) is 10.6. The van der Waals surface area contributed by atoms with E-state index >= 15 is 0 Å². The molecular formula is C10H9FN2O2. The fraction of sp³-hybridized carbons (Fsp3) is 0.200. The Morgan fingerprint density at radius 1 is 1.47 bits per heavy atom. The van der Waals surface area contributed by atoms with Crippen LogP contribution in [0.15, 0.2) is 22.7 Å². The average molecular weight is 208 g/mol. The van der Waals surface area contributed by atoms with Crippen LogP contribution in [-0.2, 0) is 6.61 Å². The maximum atomic E-state index is 13.6. The highest BCUT2D eigenvalue weighted by atomic mass is 19.1. The monoisotopic (exact) mass is 208 g/mol. The first kappa shape index (κ1) is 9.79. The van der Waals surface area contributed by atoms with Gasteiger partial charge in [-0.25, -0.2) is 4.39 Å². The van der Waals surface area contributed by atoms with Gasteiger partial charge in [0.05, 0.1) is 5.56 Å². The third-order valence-corrected chi connectivity index (χ3v) is 2.03. The molecule has 0 fully saturated rings. The topological polar surface area (TPSA) is 59.2 Å². The van der Waals surface area contributed by atoms with Crippen LogP contribution in [0, 0.1) is 12.7 Å². The van der Waals surface area contributed by atoms with Crippen LogP contribution in [0.2, 0.25) is 0 Å². The molecule has 5 heteroatoms. The summed E-state index contributed by atoms with van der Waals surface area (Å²) in [4.78, 5) is 3.83. The molecule has 0 aliphatic carbocycles. The molecule has 0 saturated heterocycles. The van der Waals surface area contributed by atoms with Crippen molar-refractivity contribution >= 4 is 0 Å². The van der Waals surface area contributed by atoms with Gasteiger partial charge in [-0.3, -0.25) is 0 Å². The van der Waals surface area contributed by atoms with E-state index in [1.165, 1.54) is 0 Å². The van der Waals surface area contributed by atoms with Crippen LogP contribution in [0.5, 0.6) is 0 Å². The maximum Gasteiger partial charge on any atom is 0.260 e. The van der Waals surface area contributed by atoms with E-state index in [0.29, 0.717) is 5.56 Å². The average Bonchev–Trinajstić information content (AvgIpc) is 2.70. The highest BCUT2D eigenvalue weighted by Gasteiger charge is 2.13. The predicted octanol–water partition coefficient (Wildman–Crippen LogP) is 1.68. The van der Waals surface area contributed by atoms with Crippen LogP contribution < -0.4 is 0 Å². The molecule has 1 aromatic heterocycles. The zero-order chi connectivity index (χ0) is 10.8. The first-order valence-electron chi connectivity index (χ1n) is 4.41. The maximum absolute atomic E-state index is 13.6. The summed E-state index contributed by atoms with van der Waals surface area (Å²) in [6.07, 6.45) is 0. The van der Waals surface area contributed by atoms with Crippen LogP contribution in [0.4, 0.5) is 4.39 Å². The summed E-state index contributed by atoms with van der Waals surface area (Å²) in [5.74, 6) is -0.156. The molecule has 15 heavy (non-hydrogen) atoms. The van der Waals surface area contributed by atoms with Crippen LogP contribution in [-0.4, -0.2) is 15.2 Å². The molecule has 0 aliphatic heterocycles. The van der Waals surface area contributed by atoms with Gasteiger partial charge in [0.2, 0.25) is 0 Å². The van der Waals surface area contributed by atoms with Crippen LogP contribution in [0.3, 0.4) is 0 Å². The van der Waals surface area contributed by atoms with Crippen molar-refractivity contribution in [1.82, 2.24) is 10.1 Å². The van der Waals surface area contributed by atoms with Crippen molar-refractivity contribution in [2.45, 2.75) is 13.5 Å². The number of aryl methyl sites for hydroxylation is 1. The Kier molecular flexibility index (Phi) is 2.47. The first-order chi connectivity index (χ1) is 7.22. The van der Waals surface area contributed by atoms with Gasteiger partial charge in [-0.1, -0.05) is 17.3 Å². The van der Waals surface area contributed by atoms with Crippen molar-refractivity contribution in [2.24, 2.45) is 0 Å². The van der Waals surface area contributed by atoms with Crippen LogP contribution in [0.25, 0.3) is 11.5 Å². The third-order valence-electron chi connectivity index (χ3n) is 2.03. The molecule has 1 heterocycles. The van der Waals surface area contributed by atoms with Crippen molar-refractivity contribution in [3.63, 3.8) is 0 Å². The lowest BCUT2D eigenvalue weighted by Crippen LogP contribution is -1.89. The van der Waals surface area contributed by atoms with Gasteiger partial charge in [0, 0.05) is 0 Å². The molecule has 0 radical (unpaired) electrons. The Morgan fingerprint density at radius 2 is 2.27 bits per heavy atom. The van der Waals surface area contributed by atoms with Crippen molar-refractivity contribution in [3.05, 3.63) is 35.4 Å². The largest absolute Gasteiger partial charge is 0.388 e. The molecule has 2 aromatic rings. The molecular weight excluding hydrogens is 199 g/mol. The molecule has 0 unspecified atom stereocenters. The second kappa shape index (κ2) is 3.78. The number of nitrogens with zero attached hydrogens (tertiary/aromatic N) is 2. The number of aliphatic hydroxyl groups excluding tert-OH is 1. The van der Waals surface area contributed by atoms with Gasteiger partial charge >= 0.3 is 0 Å². The third kappa shape index (κ3) is 1.73. The van der Waals surface area contributed by atoms with Gasteiger partial charge in [-0.2, -0.15) is 4.98 Å². The zero-order valence-electron chi connectivity index (χ0n) is 8.07. The van der Waals surface area contributed by atoms with E-state index in [1.807, 2.05) is 0 Å². The summed E-state index contributed by atoms with van der Waals surface area (Å²) < 4.78 is 18.4. The van der Waals surface area contributed by atoms with E-state index in [-0.39, 0.29) is 29.7 Å². The van der Waals surface area contributed by atoms with E-state index in [4.69, 9.17) is 9.63 Å². The van der Waals surface area contributed by atoms with E-state index in [9.17, 15) is 4.39 Å². The SMILES string of the molecule is Cc1cccc(-c2nc(CO)no2)c1F. The summed E-state index contributed by atoms with van der Waals surface area (Å²) >= 11 is 0. The second-order valence-electron chi connectivity index (χ2n) is 3.11. The highest BCUT2D eigenvalue weighted by Crippen LogP contribution is 2.22. The lowest BCUT2D eigenvalue weighted by Gasteiger charge is -1.99. The Labute approximate surface area is 85.4 Å². The standard InChI is InChI=1S/C10H9FN2O2/c1-6-3-2-4-7(9(6)11)10-12-8(5-14)13-15-10/h2-4,14H,5H2,1H3. The van der Waals surface area contributed by atoms with Crippen LogP contribution >= 0.6 is 0 Å². The zero-order valence-corrected chi connectivity index (χ0v) is 8.07. The second-order valence-corrected chi connectivity index (χ2v) is 3.11. The molecule has 2 rings (SSSR count). The van der Waals surface area contributed by atoms with Crippen molar-refractivity contribution in [2.75, 3.05) is 0 Å². The number of rotatable bonds is 2. The molecule has 0 aliphatic rings. The predicted molar refractivity (Wildman–Crippen MR) is 50.4 cm³/mol. The first-order valence-corrected chi connectivity index (χ1v) is 4.41. The van der Waals surface area contributed by atoms with Gasteiger partial charge in [0.25, 0.3) is 5.89 Å². The minimum absolute atomic E-state index is 0.0836. The van der Waals surface area contributed by atoms with Gasteiger partial charge in [-0.05, 0) is 18.6 Å². The summed E-state index contributed by atoms with van der Waals surface area (Å²) in [6, 6.07) is 4.91. The number of halogens is 1.